The number of carbonyl (C=O) groups excluding carboxylic acids is 2. The normalized spacial score (nSPS) is 15.6. The van der Waals surface area contributed by atoms with E-state index in [1.165, 1.54) is 27.7 Å². The summed E-state index contributed by atoms with van der Waals surface area (Å²) in [6, 6.07) is 0. The van der Waals surface area contributed by atoms with Crippen LogP contribution >= 0.6 is 0 Å². The van der Waals surface area contributed by atoms with Gasteiger partial charge in [-0.05, 0) is 33.6 Å². The van der Waals surface area contributed by atoms with Crippen molar-refractivity contribution in [2.24, 2.45) is 10.8 Å². The Bertz CT molecular complexity index is 1410. The fraction of sp³-hybridized carbons (Fsp3) is 0.875. The number of hydrogen-bond donors (Lipinski definition) is 0. The molecule has 0 saturated carbocycles. The van der Waals surface area contributed by atoms with Crippen molar-refractivity contribution in [2.45, 2.75) is 51.6 Å². The zero-order valence-corrected chi connectivity index (χ0v) is 25.0. The van der Waals surface area contributed by atoms with Crippen LogP contribution in [0, 0.1) is 10.8 Å². The summed E-state index contributed by atoms with van der Waals surface area (Å²) in [4.78, 5) is 25.0. The maximum atomic E-state index is 12.6. The van der Waals surface area contributed by atoms with Crippen molar-refractivity contribution in [1.29, 1.82) is 0 Å². The first-order valence-electron chi connectivity index (χ1n) is 10.7. The van der Waals surface area contributed by atoms with Gasteiger partial charge in [-0.1, -0.05) is 6.92 Å². The van der Waals surface area contributed by atoms with E-state index in [4.69, 9.17) is 9.47 Å². The third kappa shape index (κ3) is 12.4. The van der Waals surface area contributed by atoms with E-state index in [1.54, 1.807) is 8.25 Å². The Morgan fingerprint density at radius 1 is 0.619 bits per heavy atom. The number of nitrogens with zero attached hydrogens (tertiary/aromatic N) is 2. The van der Waals surface area contributed by atoms with Gasteiger partial charge in [-0.2, -0.15) is 26.3 Å². The molecule has 0 radical (unpaired) electrons. The van der Waals surface area contributed by atoms with Gasteiger partial charge in [-0.3, -0.25) is 18.0 Å². The minimum atomic E-state index is -6.44. The Hall–Kier alpha value is -1.84. The summed E-state index contributed by atoms with van der Waals surface area (Å²) < 4.78 is 183. The van der Waals surface area contributed by atoms with Crippen molar-refractivity contribution in [3.8, 4) is 0 Å². The molecular weight excluding hydrogens is 686 g/mol. The van der Waals surface area contributed by atoms with E-state index in [-0.39, 0.29) is 12.8 Å². The van der Waals surface area contributed by atoms with Crippen molar-refractivity contribution < 1.29 is 87.4 Å². The predicted octanol–water partition coefficient (Wildman–Crippen LogP) is 1.87. The molecule has 0 bridgehead atoms. The minimum absolute atomic E-state index is 0.0304. The van der Waals surface area contributed by atoms with Crippen LogP contribution < -0.4 is 0 Å². The lowest BCUT2D eigenvalue weighted by atomic mass is 9.72. The first-order valence-corrected chi connectivity index (χ1v) is 16.3. The number of carbonyl (C=O) groups is 2. The Morgan fingerprint density at radius 3 is 1.26 bits per heavy atom. The van der Waals surface area contributed by atoms with E-state index in [0.717, 1.165) is 0 Å². The molecular formula is C16H24F6N2O14S4-2. The third-order valence-electron chi connectivity index (χ3n) is 4.72. The summed E-state index contributed by atoms with van der Waals surface area (Å²) >= 11 is 0. The minimum Gasteiger partial charge on any atom is -0.463 e. The molecule has 0 aromatic heterocycles. The monoisotopic (exact) mass is 710 g/mol. The Kier molecular flexibility index (Phi) is 13.2. The largest absolute Gasteiger partial charge is 0.480 e. The second-order valence-corrected chi connectivity index (χ2v) is 14.9. The summed E-state index contributed by atoms with van der Waals surface area (Å²) in [6.07, 6.45) is -0.387. The standard InChI is InChI=1S/C16H24F6N2O14S4/c1-5-14(4,12(26)36-7-9-38-42(33,34)24-40(29,30)16(20,21)22)10-13(2,3)11(25)35-6-8-37-41(31,32)23-39(27,28)15(17,18)19/h5-10H2,1-4H3/q-2. The van der Waals surface area contributed by atoms with Crippen LogP contribution in [-0.4, -0.2) is 83.1 Å². The molecule has 42 heavy (non-hydrogen) atoms. The highest BCUT2D eigenvalue weighted by Gasteiger charge is 2.44. The number of halogens is 6. The van der Waals surface area contributed by atoms with Gasteiger partial charge < -0.3 is 17.7 Å². The number of esters is 2. The molecule has 0 saturated heterocycles. The molecule has 0 heterocycles. The fourth-order valence-electron chi connectivity index (χ4n) is 2.67. The Morgan fingerprint density at radius 2 is 0.952 bits per heavy atom. The average molecular weight is 711 g/mol. The van der Waals surface area contributed by atoms with Gasteiger partial charge in [0, 0.05) is 0 Å². The van der Waals surface area contributed by atoms with E-state index in [2.05, 4.69) is 8.37 Å². The van der Waals surface area contributed by atoms with Crippen LogP contribution in [0.4, 0.5) is 26.3 Å². The van der Waals surface area contributed by atoms with Gasteiger partial charge in [0.1, 0.15) is 13.2 Å². The van der Waals surface area contributed by atoms with Crippen LogP contribution in [0.1, 0.15) is 40.5 Å². The Balaban J connectivity index is 5.01. The molecule has 0 fully saturated rings. The highest BCUT2D eigenvalue weighted by Crippen LogP contribution is 2.38. The predicted molar refractivity (Wildman–Crippen MR) is 125 cm³/mol. The summed E-state index contributed by atoms with van der Waals surface area (Å²) in [6.45, 7) is 1.12. The smallest absolute Gasteiger partial charge is 0.463 e. The van der Waals surface area contributed by atoms with E-state index < -0.39 is 101 Å². The number of alkyl halides is 6. The van der Waals surface area contributed by atoms with Gasteiger partial charge in [0.2, 0.25) is 20.6 Å². The zero-order valence-electron chi connectivity index (χ0n) is 21.8. The van der Waals surface area contributed by atoms with Crippen LogP contribution in [0.2, 0.25) is 0 Å². The second-order valence-electron chi connectivity index (χ2n) is 8.74. The molecule has 1 unspecified atom stereocenters. The molecule has 1 atom stereocenters. The van der Waals surface area contributed by atoms with E-state index >= 15 is 0 Å². The average Bonchev–Trinajstić information content (AvgIpc) is 2.75. The highest BCUT2D eigenvalue weighted by atomic mass is 32.3. The topological polar surface area (TPSA) is 236 Å². The van der Waals surface area contributed by atoms with Gasteiger partial charge in [-0.15, -0.1) is 0 Å². The zero-order chi connectivity index (χ0) is 33.6. The fourth-order valence-corrected chi connectivity index (χ4v) is 6.17. The van der Waals surface area contributed by atoms with Crippen LogP contribution in [0.15, 0.2) is 0 Å². The van der Waals surface area contributed by atoms with Gasteiger partial charge in [0.05, 0.1) is 24.0 Å². The third-order valence-corrected chi connectivity index (χ3v) is 9.85. The van der Waals surface area contributed by atoms with Gasteiger partial charge in [0.25, 0.3) is 0 Å². The molecule has 0 spiro atoms. The summed E-state index contributed by atoms with van der Waals surface area (Å²) in [7, 11) is -24.1. The van der Waals surface area contributed by atoms with Crippen molar-refractivity contribution in [3.05, 3.63) is 8.25 Å². The molecule has 0 rings (SSSR count). The maximum Gasteiger partial charge on any atom is 0.480 e. The first kappa shape index (κ1) is 40.2. The van der Waals surface area contributed by atoms with Crippen LogP contribution in [0.25, 0.3) is 8.25 Å². The van der Waals surface area contributed by atoms with Gasteiger partial charge in [0.15, 0.2) is 20.0 Å². The molecule has 0 aliphatic rings. The number of hydrogen-bond acceptors (Lipinski definition) is 14. The van der Waals surface area contributed by atoms with Gasteiger partial charge >= 0.3 is 23.0 Å². The lowest BCUT2D eigenvalue weighted by molar-refractivity contribution is -0.164. The summed E-state index contributed by atoms with van der Waals surface area (Å²) in [5.74, 6) is -2.17. The molecule has 0 aromatic rings. The van der Waals surface area contributed by atoms with Crippen molar-refractivity contribution in [2.75, 3.05) is 26.4 Å². The SMILES string of the molecule is CCC(C)(CC(C)(C)C(=O)OCCOS(=O)(=O)[N-]S(=O)(=O)C(F)(F)F)C(=O)OCCOS(=O)(=O)[N-]S(=O)(=O)C(F)(F)F. The summed E-state index contributed by atoms with van der Waals surface area (Å²) in [5.41, 5.74) is -15.1. The van der Waals surface area contributed by atoms with Crippen LogP contribution in [-0.2, 0) is 68.1 Å². The van der Waals surface area contributed by atoms with Crippen molar-refractivity contribution >= 4 is 52.6 Å². The number of ether oxygens (including phenoxy) is 2. The number of rotatable bonds is 17. The van der Waals surface area contributed by atoms with E-state index in [1.807, 2.05) is 0 Å². The molecule has 0 aliphatic carbocycles. The number of sulfonamides is 2. The summed E-state index contributed by atoms with van der Waals surface area (Å²) in [5, 5.41) is 0. The van der Waals surface area contributed by atoms with Crippen LogP contribution in [0.3, 0.4) is 0 Å². The highest BCUT2D eigenvalue weighted by molar-refractivity contribution is 8.11. The molecule has 250 valence electrons. The molecule has 26 heteroatoms. The second kappa shape index (κ2) is 13.9. The molecule has 0 aromatic carbocycles. The first-order chi connectivity index (χ1) is 18.4. The molecule has 16 nitrogen and oxygen atoms in total. The Labute approximate surface area is 237 Å². The van der Waals surface area contributed by atoms with Gasteiger partial charge in [-0.25, -0.2) is 33.7 Å². The molecule has 0 N–H and O–H groups in total. The lowest BCUT2D eigenvalue weighted by Crippen LogP contribution is -2.39. The van der Waals surface area contributed by atoms with Crippen molar-refractivity contribution in [1.82, 2.24) is 0 Å². The van der Waals surface area contributed by atoms with Crippen LogP contribution in [0.5, 0.6) is 0 Å². The lowest BCUT2D eigenvalue weighted by Gasteiger charge is -2.33. The van der Waals surface area contributed by atoms with Crippen molar-refractivity contribution in [3.63, 3.8) is 0 Å². The maximum absolute atomic E-state index is 12.6. The molecule has 0 aliphatic heterocycles. The molecule has 0 amide bonds. The quantitative estimate of drug-likeness (QED) is 0.119. The van der Waals surface area contributed by atoms with E-state index in [9.17, 15) is 69.6 Å². The van der Waals surface area contributed by atoms with E-state index in [0.29, 0.717) is 0 Å².